The number of hydrogen-bond acceptors (Lipinski definition) is 2. The molecule has 8 heavy (non-hydrogen) atoms. The fraction of sp³-hybridized carbons (Fsp3) is 0.800. The first-order chi connectivity index (χ1) is 3.68. The summed E-state index contributed by atoms with van der Waals surface area (Å²) in [6.45, 7) is 1.94. The Morgan fingerprint density at radius 2 is 2.00 bits per heavy atom. The van der Waals surface area contributed by atoms with Crippen molar-refractivity contribution in [2.45, 2.75) is 6.92 Å². The molecule has 0 spiro atoms. The van der Waals surface area contributed by atoms with Crippen LogP contribution in [0.3, 0.4) is 0 Å². The Morgan fingerprint density at radius 1 is 1.50 bits per heavy atom. The quantitative estimate of drug-likeness (QED) is 0.298. The van der Waals surface area contributed by atoms with E-state index in [1.807, 2.05) is 25.9 Å². The normalized spacial score (nSPS) is 11.2. The summed E-state index contributed by atoms with van der Waals surface area (Å²) in [5, 5.41) is 3.92. The predicted molar refractivity (Wildman–Crippen MR) is 35.9 cm³/mol. The second-order valence-electron chi connectivity index (χ2n) is 1.78. The lowest BCUT2D eigenvalue weighted by Gasteiger charge is -2.09. The standard InChI is InChI=1S/C5H13N3/c1-5(7-6-2)8(3)4/h6H,1-4H3/b7-5+. The lowest BCUT2D eigenvalue weighted by Crippen LogP contribution is -2.20. The van der Waals surface area contributed by atoms with Crippen molar-refractivity contribution in [1.82, 2.24) is 10.3 Å². The summed E-state index contributed by atoms with van der Waals surface area (Å²) in [5.74, 6) is 0.979. The van der Waals surface area contributed by atoms with E-state index in [9.17, 15) is 0 Å². The van der Waals surface area contributed by atoms with E-state index in [2.05, 4.69) is 10.5 Å². The molecule has 1 N–H and O–H groups in total. The molecule has 0 saturated heterocycles. The van der Waals surface area contributed by atoms with Gasteiger partial charge in [0, 0.05) is 21.1 Å². The molecule has 3 nitrogen and oxygen atoms in total. The van der Waals surface area contributed by atoms with Crippen LogP contribution < -0.4 is 5.43 Å². The van der Waals surface area contributed by atoms with Crippen molar-refractivity contribution in [1.29, 1.82) is 0 Å². The van der Waals surface area contributed by atoms with Crippen molar-refractivity contribution in [3.05, 3.63) is 0 Å². The molecule has 0 aromatic carbocycles. The topological polar surface area (TPSA) is 27.6 Å². The van der Waals surface area contributed by atoms with Crippen molar-refractivity contribution in [3.8, 4) is 0 Å². The third-order valence-electron chi connectivity index (χ3n) is 0.921. The number of rotatable bonds is 1. The SMILES string of the molecule is CN/N=C(\C)N(C)C. The molecule has 0 aliphatic heterocycles. The Kier molecular flexibility index (Phi) is 2.99. The van der Waals surface area contributed by atoms with E-state index in [1.54, 1.807) is 7.05 Å². The predicted octanol–water partition coefficient (Wildman–Crippen LogP) is 0.101. The van der Waals surface area contributed by atoms with Crippen molar-refractivity contribution >= 4 is 5.84 Å². The molecule has 0 unspecified atom stereocenters. The van der Waals surface area contributed by atoms with Crippen molar-refractivity contribution < 1.29 is 0 Å². The van der Waals surface area contributed by atoms with Gasteiger partial charge in [-0.2, -0.15) is 5.10 Å². The van der Waals surface area contributed by atoms with Gasteiger partial charge < -0.3 is 10.3 Å². The van der Waals surface area contributed by atoms with Crippen LogP contribution in [0.25, 0.3) is 0 Å². The number of nitrogens with one attached hydrogen (secondary N) is 1. The molecule has 0 saturated carbocycles. The van der Waals surface area contributed by atoms with E-state index in [0.29, 0.717) is 0 Å². The van der Waals surface area contributed by atoms with Crippen LogP contribution >= 0.6 is 0 Å². The Morgan fingerprint density at radius 3 is 2.12 bits per heavy atom. The molecule has 48 valence electrons. The van der Waals surface area contributed by atoms with Gasteiger partial charge >= 0.3 is 0 Å². The van der Waals surface area contributed by atoms with E-state index < -0.39 is 0 Å². The third-order valence-corrected chi connectivity index (χ3v) is 0.921. The van der Waals surface area contributed by atoms with Gasteiger partial charge in [0.25, 0.3) is 0 Å². The summed E-state index contributed by atoms with van der Waals surface area (Å²) < 4.78 is 0. The zero-order chi connectivity index (χ0) is 6.57. The van der Waals surface area contributed by atoms with Gasteiger partial charge in [-0.25, -0.2) is 0 Å². The van der Waals surface area contributed by atoms with Gasteiger partial charge in [-0.05, 0) is 6.92 Å². The van der Waals surface area contributed by atoms with Crippen molar-refractivity contribution in [2.24, 2.45) is 5.10 Å². The maximum absolute atomic E-state index is 3.92. The summed E-state index contributed by atoms with van der Waals surface area (Å²) in [4.78, 5) is 1.94. The molecule has 0 amide bonds. The Labute approximate surface area is 50.4 Å². The summed E-state index contributed by atoms with van der Waals surface area (Å²) in [7, 11) is 5.69. The second kappa shape index (κ2) is 3.29. The molecule has 0 atom stereocenters. The molecule has 0 fully saturated rings. The molecular weight excluding hydrogens is 102 g/mol. The van der Waals surface area contributed by atoms with Crippen LogP contribution in [0.2, 0.25) is 0 Å². The molecular formula is C5H13N3. The second-order valence-corrected chi connectivity index (χ2v) is 1.78. The van der Waals surface area contributed by atoms with E-state index in [0.717, 1.165) is 5.84 Å². The van der Waals surface area contributed by atoms with Crippen molar-refractivity contribution in [2.75, 3.05) is 21.1 Å². The summed E-state index contributed by atoms with van der Waals surface area (Å²) in [6, 6.07) is 0. The first-order valence-electron chi connectivity index (χ1n) is 2.57. The first kappa shape index (κ1) is 7.27. The highest BCUT2D eigenvalue weighted by Crippen LogP contribution is 1.76. The largest absolute Gasteiger partial charge is 0.365 e. The minimum absolute atomic E-state index is 0.979. The maximum atomic E-state index is 3.92. The van der Waals surface area contributed by atoms with Gasteiger partial charge in [0.05, 0.1) is 0 Å². The van der Waals surface area contributed by atoms with E-state index in [4.69, 9.17) is 0 Å². The monoisotopic (exact) mass is 115 g/mol. The van der Waals surface area contributed by atoms with Gasteiger partial charge in [-0.3, -0.25) is 0 Å². The van der Waals surface area contributed by atoms with Gasteiger partial charge in [0.1, 0.15) is 5.84 Å². The highest BCUT2D eigenvalue weighted by molar-refractivity contribution is 5.78. The molecule has 0 aromatic heterocycles. The number of amidine groups is 1. The first-order valence-corrected chi connectivity index (χ1v) is 2.57. The third kappa shape index (κ3) is 2.44. The molecule has 0 radical (unpaired) electrons. The molecule has 0 rings (SSSR count). The van der Waals surface area contributed by atoms with Crippen LogP contribution in [0.1, 0.15) is 6.92 Å². The molecule has 3 heteroatoms. The van der Waals surface area contributed by atoms with Gasteiger partial charge in [0.15, 0.2) is 0 Å². The maximum Gasteiger partial charge on any atom is 0.121 e. The van der Waals surface area contributed by atoms with E-state index >= 15 is 0 Å². The Hall–Kier alpha value is -0.730. The summed E-state index contributed by atoms with van der Waals surface area (Å²) in [6.07, 6.45) is 0. The van der Waals surface area contributed by atoms with E-state index in [-0.39, 0.29) is 0 Å². The smallest absolute Gasteiger partial charge is 0.121 e. The highest BCUT2D eigenvalue weighted by Gasteiger charge is 1.87. The molecule has 0 bridgehead atoms. The fourth-order valence-corrected chi connectivity index (χ4v) is 0.262. The Bertz CT molecular complexity index is 85.7. The average molecular weight is 115 g/mol. The van der Waals surface area contributed by atoms with Gasteiger partial charge in [0.2, 0.25) is 0 Å². The lowest BCUT2D eigenvalue weighted by atomic mass is 10.6. The average Bonchev–Trinajstić information content (AvgIpc) is 1.67. The highest BCUT2D eigenvalue weighted by atomic mass is 15.3. The van der Waals surface area contributed by atoms with Crippen LogP contribution in [0.5, 0.6) is 0 Å². The summed E-state index contributed by atoms with van der Waals surface area (Å²) >= 11 is 0. The number of hydrogen-bond donors (Lipinski definition) is 1. The van der Waals surface area contributed by atoms with Crippen LogP contribution in [-0.4, -0.2) is 31.9 Å². The zero-order valence-corrected chi connectivity index (χ0v) is 5.89. The van der Waals surface area contributed by atoms with Crippen LogP contribution in [0.15, 0.2) is 5.10 Å². The lowest BCUT2D eigenvalue weighted by molar-refractivity contribution is 0.607. The van der Waals surface area contributed by atoms with Crippen molar-refractivity contribution in [3.63, 3.8) is 0 Å². The molecule has 0 aliphatic rings. The molecule has 0 aromatic rings. The Balaban J connectivity index is 3.61. The number of hydrazone groups is 1. The molecule has 0 aliphatic carbocycles. The molecule has 0 heterocycles. The van der Waals surface area contributed by atoms with Gasteiger partial charge in [-0.1, -0.05) is 0 Å². The van der Waals surface area contributed by atoms with Crippen LogP contribution in [-0.2, 0) is 0 Å². The van der Waals surface area contributed by atoms with E-state index in [1.165, 1.54) is 0 Å². The number of nitrogens with zero attached hydrogens (tertiary/aromatic N) is 2. The van der Waals surface area contributed by atoms with Crippen LogP contribution in [0, 0.1) is 0 Å². The van der Waals surface area contributed by atoms with Gasteiger partial charge in [-0.15, -0.1) is 0 Å². The zero-order valence-electron chi connectivity index (χ0n) is 5.89. The minimum Gasteiger partial charge on any atom is -0.365 e. The fourth-order valence-electron chi connectivity index (χ4n) is 0.262. The minimum atomic E-state index is 0.979. The van der Waals surface area contributed by atoms with Crippen LogP contribution in [0.4, 0.5) is 0 Å². The summed E-state index contributed by atoms with van der Waals surface area (Å²) in [5.41, 5.74) is 2.70.